The van der Waals surface area contributed by atoms with Crippen molar-refractivity contribution in [3.8, 4) is 0 Å². The van der Waals surface area contributed by atoms with E-state index in [-0.39, 0.29) is 28.3 Å². The van der Waals surface area contributed by atoms with Gasteiger partial charge >= 0.3 is 5.92 Å². The molecule has 4 amide bonds. The molecule has 0 aromatic heterocycles. The van der Waals surface area contributed by atoms with Crippen LogP contribution >= 0.6 is 11.6 Å². The molecule has 15 heteroatoms. The number of nitrogens with zero attached hydrogens (tertiary/aromatic N) is 1. The maximum Gasteiger partial charge on any atom is 0.349 e. The average molecular weight is 511 g/mol. The minimum Gasteiger partial charge on any atom is -0.358 e. The molecule has 1 saturated heterocycles. The van der Waals surface area contributed by atoms with Crippen LogP contribution in [0.4, 0.5) is 8.78 Å². The fourth-order valence-electron chi connectivity index (χ4n) is 4.24. The molecule has 0 aliphatic carbocycles. The molecule has 0 saturated carbocycles. The predicted molar refractivity (Wildman–Crippen MR) is 133 cm³/mol. The van der Waals surface area contributed by atoms with Gasteiger partial charge in [0.1, 0.15) is 7.85 Å². The van der Waals surface area contributed by atoms with Crippen molar-refractivity contribution in [2.75, 3.05) is 0 Å². The second-order valence-corrected chi connectivity index (χ2v) is 9.46. The number of hydrogen-bond donors (Lipinski definition) is 2. The normalized spacial score (nSPS) is 21.4. The molecular weight excluding hydrogens is 498 g/mol. The monoisotopic (exact) mass is 511 g/mol. The van der Waals surface area contributed by atoms with Crippen molar-refractivity contribution < 1.29 is 28.0 Å². The first kappa shape index (κ1) is 27.0. The average Bonchev–Trinajstić information content (AvgIpc) is 3.13. The molecule has 10 radical (unpaired) electrons. The number of hydrogen-bond acceptors (Lipinski definition) is 4. The van der Waals surface area contributed by atoms with E-state index in [9.17, 15) is 28.0 Å². The Hall–Kier alpha value is -3.01. The Morgan fingerprint density at radius 3 is 2.22 bits per heavy atom. The molecule has 176 valence electrons. The van der Waals surface area contributed by atoms with Gasteiger partial charge in [0.25, 0.3) is 11.8 Å². The number of benzene rings is 2. The molecule has 1 fully saturated rings. The van der Waals surface area contributed by atoms with Crippen LogP contribution in [-0.4, -0.2) is 73.2 Å². The second-order valence-electron chi connectivity index (χ2n) is 9.03. The molecule has 2 aliphatic rings. The Bertz CT molecular complexity index is 1340. The van der Waals surface area contributed by atoms with E-state index in [2.05, 4.69) is 0 Å². The van der Waals surface area contributed by atoms with Gasteiger partial charge in [-0.05, 0) is 34.7 Å². The van der Waals surface area contributed by atoms with Crippen LogP contribution in [0.1, 0.15) is 33.5 Å². The number of amides is 4. The highest BCUT2D eigenvalue weighted by molar-refractivity contribution is 6.52. The van der Waals surface area contributed by atoms with Crippen LogP contribution < -0.4 is 10.6 Å². The zero-order valence-electron chi connectivity index (χ0n) is 19.1. The number of carbonyl (C=O) groups excluding carboxylic acids is 4. The van der Waals surface area contributed by atoms with Crippen LogP contribution in [0.3, 0.4) is 0 Å². The Morgan fingerprint density at radius 2 is 1.62 bits per heavy atom. The van der Waals surface area contributed by atoms with E-state index in [0.717, 1.165) is 17.0 Å². The smallest absolute Gasteiger partial charge is 0.349 e. The largest absolute Gasteiger partial charge is 0.358 e. The van der Waals surface area contributed by atoms with Crippen molar-refractivity contribution in [3.63, 3.8) is 0 Å². The summed E-state index contributed by atoms with van der Waals surface area (Å²) in [4.78, 5) is 50.8. The molecule has 4 rings (SSSR count). The zero-order valence-corrected chi connectivity index (χ0v) is 19.8. The Morgan fingerprint density at radius 1 is 1.03 bits per heavy atom. The summed E-state index contributed by atoms with van der Waals surface area (Å²) in [6.45, 7) is -0.304. The topological polar surface area (TPSA) is 95.6 Å². The molecule has 2 N–H and O–H groups in total. The zero-order chi connectivity index (χ0) is 27.6. The molecule has 37 heavy (non-hydrogen) atoms. The third kappa shape index (κ3) is 4.39. The summed E-state index contributed by atoms with van der Waals surface area (Å²) in [7, 11) is 30.1. The predicted octanol–water partition coefficient (Wildman–Crippen LogP) is 0.0158. The van der Waals surface area contributed by atoms with Gasteiger partial charge in [0, 0.05) is 29.1 Å². The lowest BCUT2D eigenvalue weighted by molar-refractivity contribution is -0.147. The lowest BCUT2D eigenvalue weighted by Gasteiger charge is -2.52. The maximum absolute atomic E-state index is 14.7. The number of imide groups is 1. The summed E-state index contributed by atoms with van der Waals surface area (Å²) >= 11 is 5.71. The van der Waals surface area contributed by atoms with Crippen LogP contribution in [0.5, 0.6) is 0 Å². The SMILES string of the molecule is [B]C([B])(NC(=O)C(F)(F)c1ccc(Cl)cc1)c1ccc2c(c1)CN([C@]1([B])C(=O)NC(=O)CC1([B])[B])C2=O. The van der Waals surface area contributed by atoms with Gasteiger partial charge in [0.05, 0.1) is 36.8 Å². The molecule has 0 spiro atoms. The summed E-state index contributed by atoms with van der Waals surface area (Å²) in [5.41, 5.74) is -2.66. The summed E-state index contributed by atoms with van der Waals surface area (Å²) < 4.78 is 29.4. The minimum absolute atomic E-state index is 0.0396. The standard InChI is InChI=1S/C22H13B5ClF2N3O4/c23-19(24)8-15(34)31-18(37)21(19,25)33-9-10-7-12(3-6-14(10)16(33)35)22(26,27)32-17(36)20(29,30)11-1-4-13(28)5-2-11/h1-7H,8-9H2,(H,32,36)(H,31,34,37)/t21-/m1/s1. The van der Waals surface area contributed by atoms with Gasteiger partial charge in [-0.1, -0.05) is 41.1 Å². The number of rotatable bonds is 5. The van der Waals surface area contributed by atoms with Gasteiger partial charge in [-0.3, -0.25) is 24.5 Å². The van der Waals surface area contributed by atoms with E-state index in [4.69, 9.17) is 50.8 Å². The molecule has 0 unspecified atom stereocenters. The van der Waals surface area contributed by atoms with Gasteiger partial charge in [-0.2, -0.15) is 8.78 Å². The first-order chi connectivity index (χ1) is 17.0. The number of carbonyl (C=O) groups is 4. The van der Waals surface area contributed by atoms with Crippen molar-refractivity contribution in [3.05, 3.63) is 69.7 Å². The summed E-state index contributed by atoms with van der Waals surface area (Å²) in [5.74, 6) is -8.34. The molecule has 2 aromatic carbocycles. The third-order valence-corrected chi connectivity index (χ3v) is 6.64. The van der Waals surface area contributed by atoms with Crippen LogP contribution in [0.25, 0.3) is 0 Å². The lowest BCUT2D eigenvalue weighted by atomic mass is 9.36. The van der Waals surface area contributed by atoms with Crippen molar-refractivity contribution in [2.24, 2.45) is 0 Å². The molecule has 7 nitrogen and oxygen atoms in total. The summed E-state index contributed by atoms with van der Waals surface area (Å²) in [6, 6.07) is 8.17. The molecule has 0 bridgehead atoms. The maximum atomic E-state index is 14.7. The van der Waals surface area contributed by atoms with Gasteiger partial charge in [-0.15, -0.1) is 0 Å². The van der Waals surface area contributed by atoms with Crippen molar-refractivity contribution in [2.45, 2.75) is 34.9 Å². The molecule has 2 aliphatic heterocycles. The highest BCUT2D eigenvalue weighted by atomic mass is 35.5. The first-order valence-corrected chi connectivity index (χ1v) is 11.1. The van der Waals surface area contributed by atoms with Gasteiger partial charge in [0.2, 0.25) is 11.8 Å². The number of alkyl halides is 2. The van der Waals surface area contributed by atoms with Crippen LogP contribution in [0, 0.1) is 0 Å². The lowest BCUT2D eigenvalue weighted by Crippen LogP contribution is -2.70. The highest BCUT2D eigenvalue weighted by Crippen LogP contribution is 2.44. The van der Waals surface area contributed by atoms with Crippen LogP contribution in [0.2, 0.25) is 10.2 Å². The number of piperidine rings is 1. The van der Waals surface area contributed by atoms with Crippen molar-refractivity contribution in [1.82, 2.24) is 15.5 Å². The van der Waals surface area contributed by atoms with E-state index in [1.807, 2.05) is 10.6 Å². The van der Waals surface area contributed by atoms with Gasteiger partial charge in [0.15, 0.2) is 0 Å². The number of nitrogens with one attached hydrogen (secondary N) is 2. The van der Waals surface area contributed by atoms with Crippen LogP contribution in [0.15, 0.2) is 42.5 Å². The number of halogens is 3. The minimum atomic E-state index is -4.00. The number of fused-ring (bicyclic) bond motifs is 1. The van der Waals surface area contributed by atoms with Gasteiger partial charge < -0.3 is 10.2 Å². The molecule has 1 atom stereocenters. The highest BCUT2D eigenvalue weighted by Gasteiger charge is 2.56. The van der Waals surface area contributed by atoms with Gasteiger partial charge in [-0.25, -0.2) is 0 Å². The molecular formula is C22H13B5ClF2N3O4. The quantitative estimate of drug-likeness (QED) is 0.438. The van der Waals surface area contributed by atoms with Crippen molar-refractivity contribution in [1.29, 1.82) is 0 Å². The van der Waals surface area contributed by atoms with E-state index < -0.39 is 57.5 Å². The van der Waals surface area contributed by atoms with Crippen molar-refractivity contribution >= 4 is 74.5 Å². The Labute approximate surface area is 222 Å². The summed E-state index contributed by atoms with van der Waals surface area (Å²) in [5, 5.41) is -0.270. The van der Waals surface area contributed by atoms with Crippen LogP contribution in [-0.2, 0) is 32.2 Å². The van der Waals surface area contributed by atoms with E-state index in [0.29, 0.717) is 0 Å². The summed E-state index contributed by atoms with van der Waals surface area (Å²) in [6.07, 6.45) is -0.539. The fraction of sp³-hybridized carbons (Fsp3) is 0.273. The molecule has 2 heterocycles. The van der Waals surface area contributed by atoms with E-state index in [1.165, 1.54) is 30.3 Å². The first-order valence-electron chi connectivity index (χ1n) is 10.7. The Kier molecular flexibility index (Phi) is 6.42. The van der Waals surface area contributed by atoms with E-state index in [1.54, 1.807) is 0 Å². The third-order valence-electron chi connectivity index (χ3n) is 6.39. The van der Waals surface area contributed by atoms with E-state index >= 15 is 0 Å². The molecule has 2 aromatic rings. The Balaban J connectivity index is 1.60. The fourth-order valence-corrected chi connectivity index (χ4v) is 4.37. The second kappa shape index (κ2) is 8.79.